The Morgan fingerprint density at radius 3 is 2.58 bits per heavy atom. The van der Waals surface area contributed by atoms with Gasteiger partial charge in [-0.15, -0.1) is 0 Å². The third kappa shape index (κ3) is 6.18. The average Bonchev–Trinajstić information content (AvgIpc) is 2.03. The van der Waals surface area contributed by atoms with Gasteiger partial charge in [0.05, 0.1) is 13.3 Å². The van der Waals surface area contributed by atoms with Crippen molar-refractivity contribution in [3.8, 4) is 0 Å². The summed E-state index contributed by atoms with van der Waals surface area (Å²) in [6, 6.07) is 0. The summed E-state index contributed by atoms with van der Waals surface area (Å²) in [6.07, 6.45) is -1.43. The van der Waals surface area contributed by atoms with Crippen LogP contribution in [0.15, 0.2) is 11.9 Å². The molecule has 0 aliphatic rings. The number of ether oxygens (including phenoxy) is 1. The van der Waals surface area contributed by atoms with E-state index in [-0.39, 0.29) is 8.16 Å². The lowest BCUT2D eigenvalue weighted by Crippen LogP contribution is -2.20. The first kappa shape index (κ1) is 11.4. The molecule has 0 amide bonds. The summed E-state index contributed by atoms with van der Waals surface area (Å²) in [5.74, 6) is -1.44. The smallest absolute Gasteiger partial charge is 0.302 e. The van der Waals surface area contributed by atoms with Gasteiger partial charge in [0.1, 0.15) is 0 Å². The van der Waals surface area contributed by atoms with E-state index in [2.05, 4.69) is 5.32 Å². The van der Waals surface area contributed by atoms with Crippen LogP contribution in [0.25, 0.3) is 0 Å². The zero-order valence-corrected chi connectivity index (χ0v) is 6.87. The van der Waals surface area contributed by atoms with Gasteiger partial charge in [0.15, 0.2) is 5.83 Å². The first-order valence-corrected chi connectivity index (χ1v) is 3.66. The van der Waals surface area contributed by atoms with Gasteiger partial charge in [-0.2, -0.15) is 8.78 Å². The standard InChI is InChI=1S/C7H12F3NO.H2/c1-2-3-12-5-11-4-6(8)7(9)10;/h11H,2-5H2,1H3;1H. The Morgan fingerprint density at radius 1 is 1.42 bits per heavy atom. The van der Waals surface area contributed by atoms with Gasteiger partial charge in [0, 0.05) is 8.03 Å². The van der Waals surface area contributed by atoms with E-state index in [0.717, 1.165) is 6.42 Å². The van der Waals surface area contributed by atoms with Gasteiger partial charge in [0.25, 0.3) is 0 Å². The Morgan fingerprint density at radius 2 is 2.08 bits per heavy atom. The van der Waals surface area contributed by atoms with Gasteiger partial charge >= 0.3 is 6.08 Å². The lowest BCUT2D eigenvalue weighted by Gasteiger charge is -2.02. The highest BCUT2D eigenvalue weighted by Gasteiger charge is 2.02. The summed E-state index contributed by atoms with van der Waals surface area (Å²) in [7, 11) is 0. The molecule has 0 unspecified atom stereocenters. The van der Waals surface area contributed by atoms with Crippen molar-refractivity contribution in [3.63, 3.8) is 0 Å². The molecule has 2 nitrogen and oxygen atoms in total. The fraction of sp³-hybridized carbons (Fsp3) is 0.714. The van der Waals surface area contributed by atoms with Gasteiger partial charge in [-0.1, -0.05) is 6.92 Å². The molecule has 0 saturated carbocycles. The minimum atomic E-state index is -2.28. The number of rotatable bonds is 6. The molecule has 0 aromatic rings. The van der Waals surface area contributed by atoms with E-state index >= 15 is 0 Å². The molecular weight excluding hydrogens is 171 g/mol. The number of nitrogens with one attached hydrogen (secondary N) is 1. The molecular formula is C7H14F3NO. The Balaban J connectivity index is 0. The lowest BCUT2D eigenvalue weighted by atomic mass is 10.5. The average molecular weight is 185 g/mol. The quantitative estimate of drug-likeness (QED) is 0.506. The van der Waals surface area contributed by atoms with Crippen molar-refractivity contribution in [1.29, 1.82) is 0 Å². The SMILES string of the molecule is CCCOCNCC(F)=C(F)F.[HH]. The molecule has 0 fully saturated rings. The molecule has 0 aliphatic heterocycles. The van der Waals surface area contributed by atoms with Crippen molar-refractivity contribution in [3.05, 3.63) is 11.9 Å². The maximum atomic E-state index is 12.0. The van der Waals surface area contributed by atoms with Gasteiger partial charge in [0.2, 0.25) is 0 Å². The first-order valence-electron chi connectivity index (χ1n) is 3.66. The zero-order valence-electron chi connectivity index (χ0n) is 6.87. The van der Waals surface area contributed by atoms with Crippen LogP contribution in [0.1, 0.15) is 14.8 Å². The van der Waals surface area contributed by atoms with Gasteiger partial charge < -0.3 is 4.74 Å². The highest BCUT2D eigenvalue weighted by Crippen LogP contribution is 2.06. The minimum Gasteiger partial charge on any atom is -0.366 e. The predicted octanol–water partition coefficient (Wildman–Crippen LogP) is 2.28. The predicted molar refractivity (Wildman–Crippen MR) is 41.6 cm³/mol. The van der Waals surface area contributed by atoms with Crippen molar-refractivity contribution in [2.24, 2.45) is 0 Å². The summed E-state index contributed by atoms with van der Waals surface area (Å²) in [5, 5.41) is 2.37. The van der Waals surface area contributed by atoms with E-state index in [4.69, 9.17) is 4.74 Å². The Hall–Kier alpha value is -0.550. The molecule has 0 atom stereocenters. The van der Waals surface area contributed by atoms with E-state index in [1.807, 2.05) is 6.92 Å². The van der Waals surface area contributed by atoms with Crippen molar-refractivity contribution in [1.82, 2.24) is 5.32 Å². The third-order valence-electron chi connectivity index (χ3n) is 1.04. The highest BCUT2D eigenvalue weighted by molar-refractivity contribution is 4.93. The maximum absolute atomic E-state index is 12.0. The van der Waals surface area contributed by atoms with Crippen LogP contribution in [0.4, 0.5) is 13.2 Å². The summed E-state index contributed by atoms with van der Waals surface area (Å²) in [6.45, 7) is 2.07. The Labute approximate surface area is 70.9 Å². The van der Waals surface area contributed by atoms with E-state index in [1.165, 1.54) is 0 Å². The summed E-state index contributed by atoms with van der Waals surface area (Å²) in [5.41, 5.74) is 0. The molecule has 0 aromatic heterocycles. The van der Waals surface area contributed by atoms with Crippen LogP contribution in [0, 0.1) is 0 Å². The van der Waals surface area contributed by atoms with Gasteiger partial charge in [-0.3, -0.25) is 5.32 Å². The molecule has 12 heavy (non-hydrogen) atoms. The molecule has 1 N–H and O–H groups in total. The first-order chi connectivity index (χ1) is 5.68. The van der Waals surface area contributed by atoms with Crippen molar-refractivity contribution in [2.75, 3.05) is 19.9 Å². The molecule has 0 rings (SSSR count). The second-order valence-electron chi connectivity index (χ2n) is 2.14. The molecule has 74 valence electrons. The molecule has 0 bridgehead atoms. The number of hydrogen-bond acceptors (Lipinski definition) is 2. The summed E-state index contributed by atoms with van der Waals surface area (Å²) < 4.78 is 39.8. The molecule has 0 saturated heterocycles. The van der Waals surface area contributed by atoms with E-state index in [1.54, 1.807) is 0 Å². The molecule has 0 spiro atoms. The van der Waals surface area contributed by atoms with E-state index in [9.17, 15) is 13.2 Å². The van der Waals surface area contributed by atoms with Crippen molar-refractivity contribution >= 4 is 0 Å². The number of hydrogen-bond donors (Lipinski definition) is 1. The van der Waals surface area contributed by atoms with Crippen LogP contribution in [0.5, 0.6) is 0 Å². The minimum absolute atomic E-state index is 0. The van der Waals surface area contributed by atoms with E-state index < -0.39 is 18.5 Å². The summed E-state index contributed by atoms with van der Waals surface area (Å²) >= 11 is 0. The summed E-state index contributed by atoms with van der Waals surface area (Å²) in [4.78, 5) is 0. The fourth-order valence-corrected chi connectivity index (χ4v) is 0.516. The Kier molecular flexibility index (Phi) is 6.79. The van der Waals surface area contributed by atoms with Gasteiger partial charge in [-0.05, 0) is 6.42 Å². The fourth-order valence-electron chi connectivity index (χ4n) is 0.516. The van der Waals surface area contributed by atoms with E-state index in [0.29, 0.717) is 6.61 Å². The van der Waals surface area contributed by atoms with Crippen LogP contribution in [0.2, 0.25) is 0 Å². The van der Waals surface area contributed by atoms with Crippen LogP contribution in [0.3, 0.4) is 0 Å². The van der Waals surface area contributed by atoms with Crippen LogP contribution in [-0.2, 0) is 4.74 Å². The molecule has 0 radical (unpaired) electrons. The molecule has 5 heteroatoms. The van der Waals surface area contributed by atoms with Gasteiger partial charge in [-0.25, -0.2) is 4.39 Å². The normalized spacial score (nSPS) is 10.0. The highest BCUT2D eigenvalue weighted by atomic mass is 19.3. The lowest BCUT2D eigenvalue weighted by molar-refractivity contribution is 0.117. The second kappa shape index (κ2) is 7.12. The molecule has 0 aromatic carbocycles. The maximum Gasteiger partial charge on any atom is 0.302 e. The third-order valence-corrected chi connectivity index (χ3v) is 1.04. The second-order valence-corrected chi connectivity index (χ2v) is 2.14. The largest absolute Gasteiger partial charge is 0.366 e. The van der Waals surface area contributed by atoms with Crippen molar-refractivity contribution < 1.29 is 19.3 Å². The zero-order chi connectivity index (χ0) is 9.40. The Bertz CT molecular complexity index is 151. The monoisotopic (exact) mass is 185 g/mol. The molecule has 0 aliphatic carbocycles. The van der Waals surface area contributed by atoms with Crippen LogP contribution < -0.4 is 5.32 Å². The number of halogens is 3. The van der Waals surface area contributed by atoms with Crippen LogP contribution in [-0.4, -0.2) is 19.9 Å². The van der Waals surface area contributed by atoms with Crippen molar-refractivity contribution in [2.45, 2.75) is 13.3 Å². The van der Waals surface area contributed by atoms with Crippen LogP contribution >= 0.6 is 0 Å². The molecule has 0 heterocycles. The topological polar surface area (TPSA) is 21.3 Å².